The van der Waals surface area contributed by atoms with E-state index < -0.39 is 0 Å². The average molecular weight is 185 g/mol. The molecular formula is C10H19NO2. The van der Waals surface area contributed by atoms with Gasteiger partial charge < -0.3 is 14.8 Å². The molecule has 2 fully saturated rings. The molecule has 0 unspecified atom stereocenters. The zero-order valence-electron chi connectivity index (χ0n) is 8.13. The zero-order valence-corrected chi connectivity index (χ0v) is 8.13. The number of unbranched alkanes of at least 4 members (excludes halogenated alkanes) is 1. The molecule has 3 nitrogen and oxygen atoms in total. The smallest absolute Gasteiger partial charge is 0.104 e. The summed E-state index contributed by atoms with van der Waals surface area (Å²) in [5.41, 5.74) is 0. The molecule has 1 heterocycles. The molecule has 1 aliphatic carbocycles. The minimum absolute atomic E-state index is 0.399. The summed E-state index contributed by atoms with van der Waals surface area (Å²) in [6.45, 7) is 3.68. The van der Waals surface area contributed by atoms with Crippen molar-refractivity contribution >= 4 is 0 Å². The Balaban J connectivity index is 1.32. The Bertz CT molecular complexity index is 144. The normalized spacial score (nSPS) is 23.1. The predicted octanol–water partition coefficient (Wildman–Crippen LogP) is 0.934. The minimum Gasteiger partial charge on any atom is -0.376 e. The van der Waals surface area contributed by atoms with Gasteiger partial charge >= 0.3 is 0 Å². The van der Waals surface area contributed by atoms with E-state index >= 15 is 0 Å². The van der Waals surface area contributed by atoms with E-state index in [-0.39, 0.29) is 0 Å². The second-order valence-corrected chi connectivity index (χ2v) is 3.97. The van der Waals surface area contributed by atoms with Gasteiger partial charge in [0, 0.05) is 12.6 Å². The van der Waals surface area contributed by atoms with E-state index in [1.807, 2.05) is 0 Å². The highest BCUT2D eigenvalue weighted by Crippen LogP contribution is 2.18. The lowest BCUT2D eigenvalue weighted by Gasteiger charge is -2.25. The van der Waals surface area contributed by atoms with Crippen LogP contribution in [-0.4, -0.2) is 38.5 Å². The molecule has 0 aromatic carbocycles. The van der Waals surface area contributed by atoms with Crippen molar-refractivity contribution in [1.82, 2.24) is 5.32 Å². The van der Waals surface area contributed by atoms with Gasteiger partial charge in [-0.15, -0.1) is 0 Å². The van der Waals surface area contributed by atoms with Crippen LogP contribution in [-0.2, 0) is 9.47 Å². The Morgan fingerprint density at radius 2 is 2.08 bits per heavy atom. The lowest BCUT2D eigenvalue weighted by atomic mass is 10.3. The van der Waals surface area contributed by atoms with Crippen LogP contribution in [0.3, 0.4) is 0 Å². The second-order valence-electron chi connectivity index (χ2n) is 3.97. The molecule has 76 valence electrons. The van der Waals surface area contributed by atoms with Gasteiger partial charge in [0.25, 0.3) is 0 Å². The lowest BCUT2D eigenvalue weighted by Crippen LogP contribution is -2.36. The number of nitrogens with one attached hydrogen (secondary N) is 1. The molecular weight excluding hydrogens is 166 g/mol. The summed E-state index contributed by atoms with van der Waals surface area (Å²) in [5.74, 6) is 0. The van der Waals surface area contributed by atoms with E-state index in [4.69, 9.17) is 9.47 Å². The molecule has 13 heavy (non-hydrogen) atoms. The summed E-state index contributed by atoms with van der Waals surface area (Å²) in [6.07, 6.45) is 5.59. The first-order valence-electron chi connectivity index (χ1n) is 5.38. The predicted molar refractivity (Wildman–Crippen MR) is 50.8 cm³/mol. The first kappa shape index (κ1) is 9.44. The van der Waals surface area contributed by atoms with Crippen molar-refractivity contribution in [3.8, 4) is 0 Å². The third-order valence-corrected chi connectivity index (χ3v) is 2.54. The maximum atomic E-state index is 5.55. The van der Waals surface area contributed by atoms with Crippen molar-refractivity contribution in [3.05, 3.63) is 0 Å². The van der Waals surface area contributed by atoms with Gasteiger partial charge in [0.1, 0.15) is 6.10 Å². The Hall–Kier alpha value is -0.120. The van der Waals surface area contributed by atoms with Crippen molar-refractivity contribution in [1.29, 1.82) is 0 Å². The molecule has 1 saturated carbocycles. The summed E-state index contributed by atoms with van der Waals surface area (Å²) < 4.78 is 10.6. The maximum Gasteiger partial charge on any atom is 0.104 e. The van der Waals surface area contributed by atoms with E-state index in [9.17, 15) is 0 Å². The molecule has 2 rings (SSSR count). The van der Waals surface area contributed by atoms with Crippen molar-refractivity contribution in [2.45, 2.75) is 37.8 Å². The number of rotatable bonds is 7. The topological polar surface area (TPSA) is 30.5 Å². The van der Waals surface area contributed by atoms with Crippen LogP contribution < -0.4 is 5.32 Å². The van der Waals surface area contributed by atoms with Crippen molar-refractivity contribution in [2.75, 3.05) is 26.4 Å². The van der Waals surface area contributed by atoms with Gasteiger partial charge in [0.2, 0.25) is 0 Å². The summed E-state index contributed by atoms with van der Waals surface area (Å²) in [5, 5.41) is 3.49. The number of hydrogen-bond acceptors (Lipinski definition) is 3. The number of ether oxygens (including phenoxy) is 2. The quantitative estimate of drug-likeness (QED) is 0.599. The van der Waals surface area contributed by atoms with Crippen LogP contribution in [0.1, 0.15) is 25.7 Å². The lowest BCUT2D eigenvalue weighted by molar-refractivity contribution is -0.129. The van der Waals surface area contributed by atoms with Gasteiger partial charge in [-0.3, -0.25) is 0 Å². The molecule has 3 heteroatoms. The van der Waals surface area contributed by atoms with Gasteiger partial charge in [-0.1, -0.05) is 0 Å². The fourth-order valence-corrected chi connectivity index (χ4v) is 1.38. The first-order chi connectivity index (χ1) is 6.45. The standard InChI is InChI=1S/C10H19NO2/c1(5-11-9-3-4-9)2-6-13-10-7-12-8-10/h9-11H,1-8H2. The average Bonchev–Trinajstić information content (AvgIpc) is 2.83. The van der Waals surface area contributed by atoms with Crippen LogP contribution in [0.15, 0.2) is 0 Å². The fourth-order valence-electron chi connectivity index (χ4n) is 1.38. The third kappa shape index (κ3) is 3.63. The minimum atomic E-state index is 0.399. The highest BCUT2D eigenvalue weighted by molar-refractivity contribution is 4.80. The Kier molecular flexibility index (Phi) is 3.58. The molecule has 0 radical (unpaired) electrons. The van der Waals surface area contributed by atoms with Crippen LogP contribution in [0.25, 0.3) is 0 Å². The van der Waals surface area contributed by atoms with Gasteiger partial charge in [-0.25, -0.2) is 0 Å². The van der Waals surface area contributed by atoms with Crippen LogP contribution >= 0.6 is 0 Å². The van der Waals surface area contributed by atoms with Gasteiger partial charge in [0.05, 0.1) is 13.2 Å². The number of hydrogen-bond donors (Lipinski definition) is 1. The molecule has 1 N–H and O–H groups in total. The van der Waals surface area contributed by atoms with Crippen molar-refractivity contribution in [3.63, 3.8) is 0 Å². The Labute approximate surface area is 79.8 Å². The summed E-state index contributed by atoms with van der Waals surface area (Å²) in [4.78, 5) is 0. The molecule has 0 amide bonds. The van der Waals surface area contributed by atoms with E-state index in [1.54, 1.807) is 0 Å². The third-order valence-electron chi connectivity index (χ3n) is 2.54. The van der Waals surface area contributed by atoms with E-state index in [0.29, 0.717) is 6.10 Å². The van der Waals surface area contributed by atoms with Crippen molar-refractivity contribution < 1.29 is 9.47 Å². The SMILES string of the molecule is C(CCOC1COC1)CNC1CC1. The molecule has 2 aliphatic rings. The maximum absolute atomic E-state index is 5.55. The molecule has 1 saturated heterocycles. The van der Waals surface area contributed by atoms with Crippen LogP contribution in [0.2, 0.25) is 0 Å². The molecule has 1 aliphatic heterocycles. The zero-order chi connectivity index (χ0) is 8.93. The molecule has 0 bridgehead atoms. The van der Waals surface area contributed by atoms with Gasteiger partial charge in [-0.2, -0.15) is 0 Å². The first-order valence-corrected chi connectivity index (χ1v) is 5.38. The Morgan fingerprint density at radius 3 is 2.69 bits per heavy atom. The van der Waals surface area contributed by atoms with E-state index in [1.165, 1.54) is 25.7 Å². The van der Waals surface area contributed by atoms with Crippen molar-refractivity contribution in [2.24, 2.45) is 0 Å². The van der Waals surface area contributed by atoms with Crippen LogP contribution in [0.4, 0.5) is 0 Å². The highest BCUT2D eigenvalue weighted by Gasteiger charge is 2.20. The Morgan fingerprint density at radius 1 is 1.23 bits per heavy atom. The van der Waals surface area contributed by atoms with Gasteiger partial charge in [-0.05, 0) is 32.2 Å². The largest absolute Gasteiger partial charge is 0.376 e. The summed E-state index contributed by atoms with van der Waals surface area (Å²) in [7, 11) is 0. The second kappa shape index (κ2) is 4.94. The monoisotopic (exact) mass is 185 g/mol. The van der Waals surface area contributed by atoms with Gasteiger partial charge in [0.15, 0.2) is 0 Å². The molecule has 0 aromatic rings. The van der Waals surface area contributed by atoms with Crippen LogP contribution in [0, 0.1) is 0 Å². The molecule has 0 spiro atoms. The van der Waals surface area contributed by atoms with E-state index in [2.05, 4.69) is 5.32 Å². The van der Waals surface area contributed by atoms with Crippen LogP contribution in [0.5, 0.6) is 0 Å². The molecule has 0 atom stereocenters. The summed E-state index contributed by atoms with van der Waals surface area (Å²) >= 11 is 0. The highest BCUT2D eigenvalue weighted by atomic mass is 16.6. The summed E-state index contributed by atoms with van der Waals surface area (Å²) in [6, 6.07) is 0.848. The van der Waals surface area contributed by atoms with E-state index in [0.717, 1.165) is 32.4 Å². The fraction of sp³-hybridized carbons (Fsp3) is 1.00. The molecule has 0 aromatic heterocycles.